The third kappa shape index (κ3) is 5.69. The second-order valence-corrected chi connectivity index (χ2v) is 9.24. The van der Waals surface area contributed by atoms with Crippen molar-refractivity contribution in [3.8, 4) is 5.75 Å². The minimum atomic E-state index is -0.0452. The molecule has 4 rings (SSSR count). The van der Waals surface area contributed by atoms with Gasteiger partial charge in [-0.15, -0.1) is 0 Å². The lowest BCUT2D eigenvalue weighted by Crippen LogP contribution is -2.28. The van der Waals surface area contributed by atoms with Gasteiger partial charge in [-0.3, -0.25) is 4.79 Å². The molecule has 4 aromatic rings. The molecule has 0 spiro atoms. The number of aromatic nitrogens is 1. The highest BCUT2D eigenvalue weighted by Gasteiger charge is 2.22. The SMILES string of the molecule is CCc1cccc2c(C(CC(=O)NCC(C)C)c3ccc(OCc4ccccc4)cc3)c[nH]c12. The monoisotopic (exact) mass is 454 g/mol. The van der Waals surface area contributed by atoms with Crippen LogP contribution in [0, 0.1) is 5.92 Å². The molecule has 0 saturated heterocycles. The van der Waals surface area contributed by atoms with Crippen LogP contribution in [0.2, 0.25) is 0 Å². The number of amides is 1. The molecular formula is C30H34N2O2. The average molecular weight is 455 g/mol. The predicted octanol–water partition coefficient (Wildman–Crippen LogP) is 6.60. The number of carbonyl (C=O) groups excluding carboxylic acids is 1. The summed E-state index contributed by atoms with van der Waals surface area (Å²) in [6, 6.07) is 24.7. The molecule has 3 aromatic carbocycles. The first-order valence-corrected chi connectivity index (χ1v) is 12.2. The van der Waals surface area contributed by atoms with E-state index < -0.39 is 0 Å². The van der Waals surface area contributed by atoms with E-state index in [1.165, 1.54) is 10.9 Å². The van der Waals surface area contributed by atoms with E-state index in [1.807, 2.05) is 30.3 Å². The van der Waals surface area contributed by atoms with Crippen molar-refractivity contribution >= 4 is 16.8 Å². The fourth-order valence-corrected chi connectivity index (χ4v) is 4.34. The van der Waals surface area contributed by atoms with Crippen molar-refractivity contribution < 1.29 is 9.53 Å². The Bertz CT molecular complexity index is 1210. The van der Waals surface area contributed by atoms with E-state index in [-0.39, 0.29) is 11.8 Å². The first-order valence-electron chi connectivity index (χ1n) is 12.2. The third-order valence-electron chi connectivity index (χ3n) is 6.22. The number of H-pyrrole nitrogens is 1. The summed E-state index contributed by atoms with van der Waals surface area (Å²) in [7, 11) is 0. The topological polar surface area (TPSA) is 54.1 Å². The molecule has 0 radical (unpaired) electrons. The molecule has 0 aliphatic carbocycles. The zero-order valence-electron chi connectivity index (χ0n) is 20.3. The number of carbonyl (C=O) groups is 1. The Morgan fingerprint density at radius 3 is 2.44 bits per heavy atom. The predicted molar refractivity (Wildman–Crippen MR) is 139 cm³/mol. The highest BCUT2D eigenvalue weighted by molar-refractivity contribution is 5.88. The maximum Gasteiger partial charge on any atom is 0.220 e. The van der Waals surface area contributed by atoms with Gasteiger partial charge in [-0.1, -0.05) is 81.4 Å². The highest BCUT2D eigenvalue weighted by atomic mass is 16.5. The second-order valence-electron chi connectivity index (χ2n) is 9.24. The summed E-state index contributed by atoms with van der Waals surface area (Å²) in [6.45, 7) is 7.60. The molecule has 0 saturated carbocycles. The van der Waals surface area contributed by atoms with Crippen molar-refractivity contribution in [2.24, 2.45) is 5.92 Å². The Labute approximate surface area is 202 Å². The summed E-state index contributed by atoms with van der Waals surface area (Å²) in [6.07, 6.45) is 3.44. The van der Waals surface area contributed by atoms with Crippen LogP contribution in [-0.2, 0) is 17.8 Å². The zero-order chi connectivity index (χ0) is 23.9. The van der Waals surface area contributed by atoms with Gasteiger partial charge in [0.1, 0.15) is 12.4 Å². The van der Waals surface area contributed by atoms with Gasteiger partial charge in [-0.05, 0) is 46.7 Å². The lowest BCUT2D eigenvalue weighted by atomic mass is 9.87. The van der Waals surface area contributed by atoms with Gasteiger partial charge in [-0.25, -0.2) is 0 Å². The Hall–Kier alpha value is -3.53. The number of para-hydroxylation sites is 1. The van der Waals surface area contributed by atoms with Gasteiger partial charge in [-0.2, -0.15) is 0 Å². The largest absolute Gasteiger partial charge is 0.489 e. The van der Waals surface area contributed by atoms with Gasteiger partial charge in [0, 0.05) is 36.0 Å². The second kappa shape index (κ2) is 11.1. The number of nitrogens with one attached hydrogen (secondary N) is 2. The van der Waals surface area contributed by atoms with Crippen molar-refractivity contribution in [2.75, 3.05) is 6.54 Å². The van der Waals surface area contributed by atoms with Crippen molar-refractivity contribution in [1.82, 2.24) is 10.3 Å². The fourth-order valence-electron chi connectivity index (χ4n) is 4.34. The van der Waals surface area contributed by atoms with E-state index in [0.29, 0.717) is 25.5 Å². The first-order chi connectivity index (χ1) is 16.5. The summed E-state index contributed by atoms with van der Waals surface area (Å²) >= 11 is 0. The molecule has 176 valence electrons. The molecule has 0 aliphatic heterocycles. The lowest BCUT2D eigenvalue weighted by Gasteiger charge is -2.18. The van der Waals surface area contributed by atoms with E-state index in [4.69, 9.17) is 4.74 Å². The maximum absolute atomic E-state index is 12.9. The molecule has 0 bridgehead atoms. The van der Waals surface area contributed by atoms with Crippen LogP contribution >= 0.6 is 0 Å². The van der Waals surface area contributed by atoms with Crippen molar-refractivity contribution in [1.29, 1.82) is 0 Å². The number of rotatable bonds is 10. The Morgan fingerprint density at radius 2 is 1.74 bits per heavy atom. The Balaban J connectivity index is 1.60. The van der Waals surface area contributed by atoms with Crippen molar-refractivity contribution in [3.63, 3.8) is 0 Å². The number of aromatic amines is 1. The smallest absolute Gasteiger partial charge is 0.220 e. The number of ether oxygens (including phenoxy) is 1. The summed E-state index contributed by atoms with van der Waals surface area (Å²) < 4.78 is 5.98. The van der Waals surface area contributed by atoms with Crippen molar-refractivity contribution in [3.05, 3.63) is 101 Å². The average Bonchev–Trinajstić information content (AvgIpc) is 3.30. The Kier molecular flexibility index (Phi) is 7.69. The zero-order valence-corrected chi connectivity index (χ0v) is 20.3. The number of hydrogen-bond donors (Lipinski definition) is 2. The van der Waals surface area contributed by atoms with E-state index in [9.17, 15) is 4.79 Å². The molecule has 4 heteroatoms. The van der Waals surface area contributed by atoms with Gasteiger partial charge in [0.05, 0.1) is 0 Å². The molecule has 1 atom stereocenters. The minimum Gasteiger partial charge on any atom is -0.489 e. The molecule has 4 nitrogen and oxygen atoms in total. The summed E-state index contributed by atoms with van der Waals surface area (Å²) in [5, 5.41) is 4.28. The van der Waals surface area contributed by atoms with Gasteiger partial charge in [0.2, 0.25) is 5.91 Å². The highest BCUT2D eigenvalue weighted by Crippen LogP contribution is 2.35. The molecule has 34 heavy (non-hydrogen) atoms. The third-order valence-corrected chi connectivity index (χ3v) is 6.22. The van der Waals surface area contributed by atoms with Crippen LogP contribution in [0.15, 0.2) is 79.0 Å². The first kappa shape index (κ1) is 23.6. The molecule has 1 unspecified atom stereocenters. The van der Waals surface area contributed by atoms with E-state index in [0.717, 1.165) is 34.4 Å². The number of fused-ring (bicyclic) bond motifs is 1. The van der Waals surface area contributed by atoms with Gasteiger partial charge in [0.25, 0.3) is 0 Å². The Morgan fingerprint density at radius 1 is 0.971 bits per heavy atom. The molecule has 0 fully saturated rings. The summed E-state index contributed by atoms with van der Waals surface area (Å²) in [5.74, 6) is 1.27. The van der Waals surface area contributed by atoms with Crippen LogP contribution in [0.3, 0.4) is 0 Å². The molecular weight excluding hydrogens is 420 g/mol. The van der Waals surface area contributed by atoms with Gasteiger partial charge >= 0.3 is 0 Å². The van der Waals surface area contributed by atoms with Crippen LogP contribution in [0.5, 0.6) is 5.75 Å². The number of aryl methyl sites for hydroxylation is 1. The maximum atomic E-state index is 12.9. The van der Waals surface area contributed by atoms with Gasteiger partial charge < -0.3 is 15.0 Å². The van der Waals surface area contributed by atoms with Crippen molar-refractivity contribution in [2.45, 2.75) is 46.1 Å². The lowest BCUT2D eigenvalue weighted by molar-refractivity contribution is -0.121. The van der Waals surface area contributed by atoms with Crippen LogP contribution in [0.25, 0.3) is 10.9 Å². The van der Waals surface area contributed by atoms with Crippen LogP contribution in [0.1, 0.15) is 55.4 Å². The molecule has 0 aliphatic rings. The van der Waals surface area contributed by atoms with Crippen LogP contribution in [-0.4, -0.2) is 17.4 Å². The molecule has 2 N–H and O–H groups in total. The summed E-state index contributed by atoms with van der Waals surface area (Å²) in [5.41, 5.74) is 5.85. The quantitative estimate of drug-likeness (QED) is 0.283. The normalized spacial score (nSPS) is 12.1. The standard InChI is InChI=1S/C30H34N2O2/c1-4-23-11-8-12-26-28(19-32-30(23)26)27(17-29(33)31-18-21(2)3)24-13-15-25(16-14-24)34-20-22-9-6-5-7-10-22/h5-16,19,21,27,32H,4,17-18,20H2,1-3H3,(H,31,33). The molecule has 1 aromatic heterocycles. The van der Waals surface area contributed by atoms with Crippen LogP contribution < -0.4 is 10.1 Å². The minimum absolute atomic E-state index is 0.0452. The molecule has 1 heterocycles. The number of hydrogen-bond acceptors (Lipinski definition) is 2. The van der Waals surface area contributed by atoms with Crippen LogP contribution in [0.4, 0.5) is 0 Å². The molecule has 1 amide bonds. The summed E-state index contributed by atoms with van der Waals surface area (Å²) in [4.78, 5) is 16.3. The van der Waals surface area contributed by atoms with E-state index in [2.05, 4.69) is 79.7 Å². The fraction of sp³-hybridized carbons (Fsp3) is 0.300. The van der Waals surface area contributed by atoms with E-state index >= 15 is 0 Å². The van der Waals surface area contributed by atoms with E-state index in [1.54, 1.807) is 0 Å². The van der Waals surface area contributed by atoms with Gasteiger partial charge in [0.15, 0.2) is 0 Å². The number of benzene rings is 3.